The minimum absolute atomic E-state index is 0.0300. The minimum atomic E-state index is -0.553. The quantitative estimate of drug-likeness (QED) is 0.367. The van der Waals surface area contributed by atoms with Gasteiger partial charge in [0.2, 0.25) is 5.91 Å². The summed E-state index contributed by atoms with van der Waals surface area (Å²) in [5, 5.41) is 3.19. The Morgan fingerprint density at radius 1 is 1.21 bits per heavy atom. The number of unbranched alkanes of at least 4 members (excludes halogenated alkanes) is 1. The van der Waals surface area contributed by atoms with E-state index in [1.54, 1.807) is 6.07 Å². The fraction of sp³-hybridized carbons (Fsp3) is 0.421. The van der Waals surface area contributed by atoms with Gasteiger partial charge in [-0.3, -0.25) is 19.0 Å². The monoisotopic (exact) mass is 421 g/mol. The third-order valence-electron chi connectivity index (χ3n) is 4.07. The molecular formula is C19H23N3O6S. The van der Waals surface area contributed by atoms with Gasteiger partial charge in [0.25, 0.3) is 5.56 Å². The number of nitrogens with zero attached hydrogens (tertiary/aromatic N) is 2. The SMILES string of the molecule is CCCCn1c(SCC(=O)NCC(=O)OC)nc2cc(C(=O)OC)ccc2c1=O. The van der Waals surface area contributed by atoms with E-state index < -0.39 is 11.9 Å². The Morgan fingerprint density at radius 3 is 2.62 bits per heavy atom. The Bertz CT molecular complexity index is 972. The van der Waals surface area contributed by atoms with Crippen molar-refractivity contribution in [3.8, 4) is 0 Å². The van der Waals surface area contributed by atoms with Crippen molar-refractivity contribution in [3.05, 3.63) is 34.1 Å². The normalized spacial score (nSPS) is 10.6. The van der Waals surface area contributed by atoms with Crippen molar-refractivity contribution in [3.63, 3.8) is 0 Å². The highest BCUT2D eigenvalue weighted by Crippen LogP contribution is 2.19. The fourth-order valence-corrected chi connectivity index (χ4v) is 3.35. The smallest absolute Gasteiger partial charge is 0.337 e. The second-order valence-corrected chi connectivity index (χ2v) is 7.01. The van der Waals surface area contributed by atoms with Crippen LogP contribution in [-0.4, -0.2) is 53.9 Å². The van der Waals surface area contributed by atoms with Crippen LogP contribution < -0.4 is 10.9 Å². The molecule has 29 heavy (non-hydrogen) atoms. The van der Waals surface area contributed by atoms with Gasteiger partial charge in [0, 0.05) is 6.54 Å². The zero-order valence-corrected chi connectivity index (χ0v) is 17.3. The predicted molar refractivity (Wildman–Crippen MR) is 108 cm³/mol. The number of esters is 2. The third-order valence-corrected chi connectivity index (χ3v) is 5.04. The molecule has 0 radical (unpaired) electrons. The third kappa shape index (κ3) is 5.80. The summed E-state index contributed by atoms with van der Waals surface area (Å²) >= 11 is 1.09. The van der Waals surface area contributed by atoms with E-state index in [0.29, 0.717) is 22.6 Å². The van der Waals surface area contributed by atoms with Crippen molar-refractivity contribution in [1.29, 1.82) is 0 Å². The van der Waals surface area contributed by atoms with E-state index in [1.165, 1.54) is 30.9 Å². The van der Waals surface area contributed by atoms with Gasteiger partial charge in [-0.15, -0.1) is 0 Å². The molecule has 0 aliphatic heterocycles. The molecule has 2 rings (SSSR count). The number of methoxy groups -OCH3 is 2. The number of amides is 1. The van der Waals surface area contributed by atoms with Gasteiger partial charge in [-0.25, -0.2) is 9.78 Å². The second kappa shape index (κ2) is 10.6. The molecule has 0 saturated carbocycles. The number of aromatic nitrogens is 2. The van der Waals surface area contributed by atoms with Crippen molar-refractivity contribution in [2.24, 2.45) is 0 Å². The number of fused-ring (bicyclic) bond motifs is 1. The van der Waals surface area contributed by atoms with Gasteiger partial charge in [-0.2, -0.15) is 0 Å². The van der Waals surface area contributed by atoms with Crippen LogP contribution in [-0.2, 0) is 25.6 Å². The first-order valence-corrected chi connectivity index (χ1v) is 9.99. The van der Waals surface area contributed by atoms with E-state index in [2.05, 4.69) is 15.0 Å². The van der Waals surface area contributed by atoms with Crippen LogP contribution in [0.2, 0.25) is 0 Å². The molecule has 1 aromatic heterocycles. The Hall–Kier alpha value is -2.88. The maximum Gasteiger partial charge on any atom is 0.337 e. The van der Waals surface area contributed by atoms with Crippen LogP contribution in [0.15, 0.2) is 28.2 Å². The average molecular weight is 421 g/mol. The van der Waals surface area contributed by atoms with E-state index in [0.717, 1.165) is 24.6 Å². The van der Waals surface area contributed by atoms with Crippen LogP contribution in [0, 0.1) is 0 Å². The number of hydrogen-bond acceptors (Lipinski definition) is 8. The van der Waals surface area contributed by atoms with Crippen molar-refractivity contribution < 1.29 is 23.9 Å². The summed E-state index contributed by atoms with van der Waals surface area (Å²) in [5.74, 6) is -1.50. The second-order valence-electron chi connectivity index (χ2n) is 6.07. The summed E-state index contributed by atoms with van der Waals surface area (Å²) in [6.07, 6.45) is 1.66. The van der Waals surface area contributed by atoms with Gasteiger partial charge in [-0.05, 0) is 24.6 Å². The number of hydrogen-bond donors (Lipinski definition) is 1. The zero-order valence-electron chi connectivity index (χ0n) is 16.5. The van der Waals surface area contributed by atoms with Crippen LogP contribution in [0.25, 0.3) is 10.9 Å². The summed E-state index contributed by atoms with van der Waals surface area (Å²) < 4.78 is 10.7. The summed E-state index contributed by atoms with van der Waals surface area (Å²) in [4.78, 5) is 52.3. The lowest BCUT2D eigenvalue weighted by Gasteiger charge is -2.13. The molecule has 0 aliphatic carbocycles. The molecule has 1 heterocycles. The molecule has 0 bridgehead atoms. The molecule has 1 N–H and O–H groups in total. The molecule has 0 fully saturated rings. The summed E-state index contributed by atoms with van der Waals surface area (Å²) in [6.45, 7) is 2.24. The number of carbonyl (C=O) groups is 3. The lowest BCUT2D eigenvalue weighted by atomic mass is 10.1. The molecule has 0 unspecified atom stereocenters. The van der Waals surface area contributed by atoms with E-state index in [9.17, 15) is 19.2 Å². The van der Waals surface area contributed by atoms with E-state index >= 15 is 0 Å². The van der Waals surface area contributed by atoms with Gasteiger partial charge in [-0.1, -0.05) is 25.1 Å². The van der Waals surface area contributed by atoms with Gasteiger partial charge in [0.05, 0.1) is 36.4 Å². The summed E-state index contributed by atoms with van der Waals surface area (Å²) in [5.41, 5.74) is 0.394. The maximum atomic E-state index is 12.9. The minimum Gasteiger partial charge on any atom is -0.468 e. The average Bonchev–Trinajstić information content (AvgIpc) is 2.74. The molecule has 156 valence electrons. The maximum absolute atomic E-state index is 12.9. The molecular weight excluding hydrogens is 398 g/mol. The van der Waals surface area contributed by atoms with Gasteiger partial charge in [0.15, 0.2) is 5.16 Å². The lowest BCUT2D eigenvalue weighted by Crippen LogP contribution is -2.31. The van der Waals surface area contributed by atoms with Crippen LogP contribution in [0.3, 0.4) is 0 Å². The van der Waals surface area contributed by atoms with E-state index in [-0.39, 0.29) is 29.3 Å². The predicted octanol–water partition coefficient (Wildman–Crippen LogP) is 1.36. The molecule has 9 nitrogen and oxygen atoms in total. The standard InChI is InChI=1S/C19H23N3O6S/c1-4-5-8-22-17(25)13-7-6-12(18(26)28-3)9-14(13)21-19(22)29-11-15(23)20-10-16(24)27-2/h6-7,9H,4-5,8,10-11H2,1-3H3,(H,20,23). The Labute approximate surface area is 171 Å². The number of benzene rings is 1. The summed E-state index contributed by atoms with van der Waals surface area (Å²) in [7, 11) is 2.51. The van der Waals surface area contributed by atoms with Gasteiger partial charge >= 0.3 is 11.9 Å². The fourth-order valence-electron chi connectivity index (χ4n) is 2.49. The number of carbonyl (C=O) groups excluding carboxylic acids is 3. The van der Waals surface area contributed by atoms with E-state index in [4.69, 9.17) is 4.74 Å². The highest BCUT2D eigenvalue weighted by molar-refractivity contribution is 7.99. The number of thioether (sulfide) groups is 1. The van der Waals surface area contributed by atoms with Crippen LogP contribution in [0.1, 0.15) is 30.1 Å². The molecule has 0 saturated heterocycles. The molecule has 1 aromatic carbocycles. The molecule has 0 aliphatic rings. The first-order chi connectivity index (χ1) is 13.9. The zero-order chi connectivity index (χ0) is 21.4. The Balaban J connectivity index is 2.33. The van der Waals surface area contributed by atoms with Crippen molar-refractivity contribution >= 4 is 40.5 Å². The largest absolute Gasteiger partial charge is 0.468 e. The molecule has 0 atom stereocenters. The molecule has 0 spiro atoms. The summed E-state index contributed by atoms with van der Waals surface area (Å²) in [6, 6.07) is 4.57. The van der Waals surface area contributed by atoms with Crippen LogP contribution in [0.5, 0.6) is 0 Å². The highest BCUT2D eigenvalue weighted by atomic mass is 32.2. The van der Waals surface area contributed by atoms with Crippen molar-refractivity contribution in [2.75, 3.05) is 26.5 Å². The number of nitrogens with one attached hydrogen (secondary N) is 1. The van der Waals surface area contributed by atoms with Crippen molar-refractivity contribution in [2.45, 2.75) is 31.5 Å². The van der Waals surface area contributed by atoms with Gasteiger partial charge < -0.3 is 14.8 Å². The van der Waals surface area contributed by atoms with Gasteiger partial charge in [0.1, 0.15) is 6.54 Å². The first kappa shape index (κ1) is 22.4. The topological polar surface area (TPSA) is 117 Å². The molecule has 10 heteroatoms. The molecule has 1 amide bonds. The van der Waals surface area contributed by atoms with Crippen LogP contribution in [0.4, 0.5) is 0 Å². The number of rotatable bonds is 9. The first-order valence-electron chi connectivity index (χ1n) is 9.00. The molecule has 2 aromatic rings. The van der Waals surface area contributed by atoms with Crippen LogP contribution >= 0.6 is 11.8 Å². The number of ether oxygens (including phenoxy) is 2. The Morgan fingerprint density at radius 2 is 1.97 bits per heavy atom. The van der Waals surface area contributed by atoms with Crippen molar-refractivity contribution in [1.82, 2.24) is 14.9 Å². The highest BCUT2D eigenvalue weighted by Gasteiger charge is 2.15. The van der Waals surface area contributed by atoms with E-state index in [1.807, 2.05) is 6.92 Å². The lowest BCUT2D eigenvalue weighted by molar-refractivity contribution is -0.140. The Kier molecular flexibility index (Phi) is 8.20.